The molecular weight excluding hydrogens is 192 g/mol. The minimum absolute atomic E-state index is 0.328. The summed E-state index contributed by atoms with van der Waals surface area (Å²) in [6.45, 7) is 1.49. The Labute approximate surface area is 89.5 Å². The number of nitrogens with zero attached hydrogens (tertiary/aromatic N) is 2. The second kappa shape index (κ2) is 4.19. The van der Waals surface area contributed by atoms with Gasteiger partial charge in [0.2, 0.25) is 0 Å². The molecule has 4 nitrogen and oxygen atoms in total. The van der Waals surface area contributed by atoms with Crippen LogP contribution in [0.1, 0.15) is 25.7 Å². The summed E-state index contributed by atoms with van der Waals surface area (Å²) in [5.41, 5.74) is 0. The van der Waals surface area contributed by atoms with Crippen LogP contribution in [0.5, 0.6) is 0 Å². The van der Waals surface area contributed by atoms with Crippen molar-refractivity contribution in [1.82, 2.24) is 4.90 Å². The standard InChI is InChI=1S/C11H16N2O2/c12-5-2-6-13-7-8-3-1-4-9(8)10(13)11(14)15/h8-10H,1-4,6-7H2,(H,14,15). The predicted molar refractivity (Wildman–Crippen MR) is 54.1 cm³/mol. The number of nitriles is 1. The molecule has 0 aromatic heterocycles. The zero-order valence-electron chi connectivity index (χ0n) is 8.72. The summed E-state index contributed by atoms with van der Waals surface area (Å²) >= 11 is 0. The van der Waals surface area contributed by atoms with Gasteiger partial charge in [-0.25, -0.2) is 0 Å². The smallest absolute Gasteiger partial charge is 0.321 e. The summed E-state index contributed by atoms with van der Waals surface area (Å²) in [6, 6.07) is 1.76. The largest absolute Gasteiger partial charge is 0.480 e. The number of hydrogen-bond donors (Lipinski definition) is 1. The van der Waals surface area contributed by atoms with Gasteiger partial charge >= 0.3 is 5.97 Å². The van der Waals surface area contributed by atoms with Crippen molar-refractivity contribution in [3.05, 3.63) is 0 Å². The number of carboxylic acids is 1. The van der Waals surface area contributed by atoms with Gasteiger partial charge in [-0.1, -0.05) is 6.42 Å². The number of hydrogen-bond acceptors (Lipinski definition) is 3. The summed E-state index contributed by atoms with van der Waals surface area (Å²) in [5, 5.41) is 17.7. The molecule has 3 unspecified atom stereocenters. The summed E-state index contributed by atoms with van der Waals surface area (Å²) in [6.07, 6.45) is 3.82. The highest BCUT2D eigenvalue weighted by atomic mass is 16.4. The number of carbonyl (C=O) groups is 1. The number of rotatable bonds is 3. The molecule has 15 heavy (non-hydrogen) atoms. The first kappa shape index (κ1) is 10.4. The van der Waals surface area contributed by atoms with Crippen molar-refractivity contribution in [3.8, 4) is 6.07 Å². The molecule has 0 bridgehead atoms. The average molecular weight is 208 g/mol. The summed E-state index contributed by atoms with van der Waals surface area (Å²) in [4.78, 5) is 13.2. The molecule has 1 saturated carbocycles. The van der Waals surface area contributed by atoms with Crippen molar-refractivity contribution < 1.29 is 9.90 Å². The second-order valence-electron chi connectivity index (χ2n) is 4.54. The van der Waals surface area contributed by atoms with Crippen molar-refractivity contribution in [2.24, 2.45) is 11.8 Å². The molecule has 1 aliphatic carbocycles. The minimum atomic E-state index is -0.706. The van der Waals surface area contributed by atoms with Gasteiger partial charge in [-0.05, 0) is 24.7 Å². The van der Waals surface area contributed by atoms with Gasteiger partial charge in [0.1, 0.15) is 6.04 Å². The van der Waals surface area contributed by atoms with Crippen LogP contribution in [0.4, 0.5) is 0 Å². The van der Waals surface area contributed by atoms with Crippen LogP contribution in [-0.4, -0.2) is 35.1 Å². The molecule has 1 aliphatic heterocycles. The molecule has 1 N–H and O–H groups in total. The number of likely N-dealkylation sites (tertiary alicyclic amines) is 1. The van der Waals surface area contributed by atoms with Crippen LogP contribution >= 0.6 is 0 Å². The SMILES string of the molecule is N#CCCN1CC2CCCC2C1C(=O)O. The van der Waals surface area contributed by atoms with Gasteiger partial charge in [0.25, 0.3) is 0 Å². The Kier molecular flexibility index (Phi) is 2.92. The lowest BCUT2D eigenvalue weighted by atomic mass is 9.94. The van der Waals surface area contributed by atoms with E-state index in [1.165, 1.54) is 6.42 Å². The summed E-state index contributed by atoms with van der Waals surface area (Å²) in [5.74, 6) is 0.188. The molecule has 1 saturated heterocycles. The van der Waals surface area contributed by atoms with Crippen molar-refractivity contribution in [1.29, 1.82) is 5.26 Å². The highest BCUT2D eigenvalue weighted by molar-refractivity contribution is 5.74. The third-order valence-corrected chi connectivity index (χ3v) is 3.75. The van der Waals surface area contributed by atoms with Gasteiger partial charge in [-0.15, -0.1) is 0 Å². The number of aliphatic carboxylic acids is 1. The lowest BCUT2D eigenvalue weighted by Gasteiger charge is -2.22. The highest BCUT2D eigenvalue weighted by Crippen LogP contribution is 2.42. The van der Waals surface area contributed by atoms with Crippen LogP contribution in [0.3, 0.4) is 0 Å². The maximum Gasteiger partial charge on any atom is 0.321 e. The van der Waals surface area contributed by atoms with Crippen molar-refractivity contribution in [2.75, 3.05) is 13.1 Å². The van der Waals surface area contributed by atoms with Crippen molar-refractivity contribution in [2.45, 2.75) is 31.7 Å². The van der Waals surface area contributed by atoms with Gasteiger partial charge in [0.15, 0.2) is 0 Å². The molecule has 2 fully saturated rings. The molecule has 82 valence electrons. The van der Waals surface area contributed by atoms with Crippen LogP contribution in [0, 0.1) is 23.2 Å². The van der Waals surface area contributed by atoms with Crippen LogP contribution in [-0.2, 0) is 4.79 Å². The lowest BCUT2D eigenvalue weighted by Crippen LogP contribution is -2.39. The van der Waals surface area contributed by atoms with Gasteiger partial charge in [-0.2, -0.15) is 5.26 Å². The zero-order valence-corrected chi connectivity index (χ0v) is 8.72. The van der Waals surface area contributed by atoms with Crippen LogP contribution < -0.4 is 0 Å². The van der Waals surface area contributed by atoms with E-state index in [4.69, 9.17) is 5.26 Å². The van der Waals surface area contributed by atoms with Crippen LogP contribution in [0.25, 0.3) is 0 Å². The average Bonchev–Trinajstić information content (AvgIpc) is 2.72. The molecule has 2 rings (SSSR count). The molecule has 0 spiro atoms. The Morgan fingerprint density at radius 3 is 3.00 bits per heavy atom. The van der Waals surface area contributed by atoms with Gasteiger partial charge in [0.05, 0.1) is 6.07 Å². The molecule has 0 radical (unpaired) electrons. The third-order valence-electron chi connectivity index (χ3n) is 3.75. The molecule has 2 aliphatic rings. The van der Waals surface area contributed by atoms with Crippen molar-refractivity contribution >= 4 is 5.97 Å². The highest BCUT2D eigenvalue weighted by Gasteiger charge is 2.47. The molecule has 3 atom stereocenters. The van der Waals surface area contributed by atoms with Crippen LogP contribution in [0.15, 0.2) is 0 Å². The maximum absolute atomic E-state index is 11.2. The molecule has 0 aromatic rings. The molecule has 1 heterocycles. The summed E-state index contributed by atoms with van der Waals surface area (Å²) in [7, 11) is 0. The van der Waals surface area contributed by atoms with E-state index < -0.39 is 5.97 Å². The molecule has 0 amide bonds. The zero-order chi connectivity index (χ0) is 10.8. The maximum atomic E-state index is 11.2. The normalized spacial score (nSPS) is 35.0. The lowest BCUT2D eigenvalue weighted by molar-refractivity contribution is -0.143. The Bertz CT molecular complexity index is 297. The minimum Gasteiger partial charge on any atom is -0.480 e. The van der Waals surface area contributed by atoms with Gasteiger partial charge in [0, 0.05) is 19.5 Å². The van der Waals surface area contributed by atoms with Gasteiger partial charge < -0.3 is 5.11 Å². The topological polar surface area (TPSA) is 64.3 Å². The van der Waals surface area contributed by atoms with E-state index in [1.807, 2.05) is 4.90 Å². The predicted octanol–water partition coefficient (Wildman–Crippen LogP) is 1.09. The van der Waals surface area contributed by atoms with E-state index in [0.29, 0.717) is 24.8 Å². The fourth-order valence-electron chi connectivity index (χ4n) is 3.16. The molecule has 4 heteroatoms. The Morgan fingerprint density at radius 1 is 1.53 bits per heavy atom. The van der Waals surface area contributed by atoms with E-state index in [2.05, 4.69) is 6.07 Å². The van der Waals surface area contributed by atoms with Crippen molar-refractivity contribution in [3.63, 3.8) is 0 Å². The van der Waals surface area contributed by atoms with Gasteiger partial charge in [-0.3, -0.25) is 9.69 Å². The Hall–Kier alpha value is -1.08. The van der Waals surface area contributed by atoms with E-state index in [9.17, 15) is 9.90 Å². The first-order valence-electron chi connectivity index (χ1n) is 5.58. The fourth-order valence-corrected chi connectivity index (χ4v) is 3.16. The first-order chi connectivity index (χ1) is 7.24. The van der Waals surface area contributed by atoms with Crippen LogP contribution in [0.2, 0.25) is 0 Å². The van der Waals surface area contributed by atoms with E-state index >= 15 is 0 Å². The monoisotopic (exact) mass is 208 g/mol. The second-order valence-corrected chi connectivity index (χ2v) is 4.54. The number of carboxylic acid groups (broad SMARTS) is 1. The van der Waals surface area contributed by atoms with E-state index in [-0.39, 0.29) is 6.04 Å². The van der Waals surface area contributed by atoms with E-state index in [1.54, 1.807) is 0 Å². The van der Waals surface area contributed by atoms with E-state index in [0.717, 1.165) is 19.4 Å². The number of fused-ring (bicyclic) bond motifs is 1. The summed E-state index contributed by atoms with van der Waals surface area (Å²) < 4.78 is 0. The quantitative estimate of drug-likeness (QED) is 0.754. The molecule has 0 aromatic carbocycles. The Balaban J connectivity index is 2.06. The first-order valence-corrected chi connectivity index (χ1v) is 5.58. The third kappa shape index (κ3) is 1.84. The Morgan fingerprint density at radius 2 is 2.33 bits per heavy atom. The molecular formula is C11H16N2O2. The fraction of sp³-hybridized carbons (Fsp3) is 0.818.